The van der Waals surface area contributed by atoms with Crippen LogP contribution in [0.15, 0.2) is 48.8 Å². The SMILES string of the molecule is Cc1ccnc(Cc2ccnc3ccccc23)c1N. The maximum Gasteiger partial charge on any atom is 0.0704 e. The molecule has 2 aromatic heterocycles. The third-order valence-electron chi connectivity index (χ3n) is 3.39. The highest BCUT2D eigenvalue weighted by molar-refractivity contribution is 5.82. The average Bonchev–Trinajstić information content (AvgIpc) is 2.44. The molecule has 0 saturated carbocycles. The number of para-hydroxylation sites is 1. The molecule has 0 saturated heterocycles. The summed E-state index contributed by atoms with van der Waals surface area (Å²) in [5.41, 5.74) is 11.1. The van der Waals surface area contributed by atoms with Crippen LogP contribution in [0.5, 0.6) is 0 Å². The molecule has 0 spiro atoms. The highest BCUT2D eigenvalue weighted by Crippen LogP contribution is 2.22. The molecule has 3 aromatic rings. The van der Waals surface area contributed by atoms with Gasteiger partial charge in [-0.15, -0.1) is 0 Å². The first-order chi connectivity index (χ1) is 9.25. The van der Waals surface area contributed by atoms with Gasteiger partial charge in [0.15, 0.2) is 0 Å². The molecule has 0 bridgehead atoms. The average molecular weight is 249 g/mol. The summed E-state index contributed by atoms with van der Waals surface area (Å²) in [6.07, 6.45) is 4.38. The highest BCUT2D eigenvalue weighted by Gasteiger charge is 2.07. The maximum atomic E-state index is 6.10. The molecule has 3 rings (SSSR count). The fourth-order valence-electron chi connectivity index (χ4n) is 2.26. The molecule has 0 atom stereocenters. The minimum atomic E-state index is 0.733. The predicted octanol–water partition coefficient (Wildman–Crippen LogP) is 3.11. The number of benzene rings is 1. The number of rotatable bonds is 2. The number of hydrogen-bond donors (Lipinski definition) is 1. The van der Waals surface area contributed by atoms with E-state index in [2.05, 4.69) is 16.0 Å². The molecule has 0 aliphatic rings. The van der Waals surface area contributed by atoms with Crippen molar-refractivity contribution in [3.63, 3.8) is 0 Å². The van der Waals surface area contributed by atoms with Gasteiger partial charge < -0.3 is 5.73 Å². The molecule has 0 aliphatic carbocycles. The number of aromatic nitrogens is 2. The quantitative estimate of drug-likeness (QED) is 0.759. The Morgan fingerprint density at radius 2 is 1.79 bits per heavy atom. The first-order valence-electron chi connectivity index (χ1n) is 6.28. The summed E-state index contributed by atoms with van der Waals surface area (Å²) in [6.45, 7) is 2.01. The van der Waals surface area contributed by atoms with Crippen LogP contribution in [0.1, 0.15) is 16.8 Å². The maximum absolute atomic E-state index is 6.10. The van der Waals surface area contributed by atoms with Crippen molar-refractivity contribution in [3.05, 3.63) is 65.6 Å². The summed E-state index contributed by atoms with van der Waals surface area (Å²) >= 11 is 0. The summed E-state index contributed by atoms with van der Waals surface area (Å²) in [6, 6.07) is 12.1. The van der Waals surface area contributed by atoms with Crippen LogP contribution in [0.3, 0.4) is 0 Å². The molecule has 0 aliphatic heterocycles. The molecule has 0 amide bonds. The zero-order valence-electron chi connectivity index (χ0n) is 10.8. The van der Waals surface area contributed by atoms with Crippen molar-refractivity contribution in [1.29, 1.82) is 0 Å². The van der Waals surface area contributed by atoms with Gasteiger partial charge in [-0.3, -0.25) is 9.97 Å². The lowest BCUT2D eigenvalue weighted by Crippen LogP contribution is -2.01. The Balaban J connectivity index is 2.09. The Bertz CT molecular complexity index is 730. The lowest BCUT2D eigenvalue weighted by atomic mass is 10.0. The third-order valence-corrected chi connectivity index (χ3v) is 3.39. The Hall–Kier alpha value is -2.42. The van der Waals surface area contributed by atoms with E-state index in [1.807, 2.05) is 49.6 Å². The monoisotopic (exact) mass is 249 g/mol. The van der Waals surface area contributed by atoms with Crippen molar-refractivity contribution in [2.45, 2.75) is 13.3 Å². The Morgan fingerprint density at radius 3 is 2.68 bits per heavy atom. The smallest absolute Gasteiger partial charge is 0.0704 e. The molecule has 0 unspecified atom stereocenters. The first kappa shape index (κ1) is 11.7. The highest BCUT2D eigenvalue weighted by atomic mass is 14.7. The molecule has 0 radical (unpaired) electrons. The van der Waals surface area contributed by atoms with E-state index < -0.39 is 0 Å². The summed E-state index contributed by atoms with van der Waals surface area (Å²) in [4.78, 5) is 8.77. The predicted molar refractivity (Wildman–Crippen MR) is 77.9 cm³/mol. The van der Waals surface area contributed by atoms with Gasteiger partial charge in [0.05, 0.1) is 16.9 Å². The van der Waals surface area contributed by atoms with E-state index in [0.717, 1.165) is 34.3 Å². The van der Waals surface area contributed by atoms with Gasteiger partial charge in [0.25, 0.3) is 0 Å². The van der Waals surface area contributed by atoms with Crippen LogP contribution in [0.4, 0.5) is 5.69 Å². The van der Waals surface area contributed by atoms with Gasteiger partial charge in [-0.25, -0.2) is 0 Å². The normalized spacial score (nSPS) is 10.8. The van der Waals surface area contributed by atoms with E-state index >= 15 is 0 Å². The lowest BCUT2D eigenvalue weighted by molar-refractivity contribution is 1.07. The molecule has 0 fully saturated rings. The standard InChI is InChI=1S/C16H15N3/c1-11-6-8-19-15(16(11)17)10-12-7-9-18-14-5-3-2-4-13(12)14/h2-9H,10,17H2,1H3. The topological polar surface area (TPSA) is 51.8 Å². The fraction of sp³-hybridized carbons (Fsp3) is 0.125. The van der Waals surface area contributed by atoms with Crippen molar-refractivity contribution in [1.82, 2.24) is 9.97 Å². The molecule has 19 heavy (non-hydrogen) atoms. The van der Waals surface area contributed by atoms with E-state index in [1.54, 1.807) is 0 Å². The number of hydrogen-bond acceptors (Lipinski definition) is 3. The van der Waals surface area contributed by atoms with Gasteiger partial charge >= 0.3 is 0 Å². The Morgan fingerprint density at radius 1 is 1.00 bits per heavy atom. The zero-order chi connectivity index (χ0) is 13.2. The molecule has 3 heteroatoms. The van der Waals surface area contributed by atoms with Crippen LogP contribution in [0.2, 0.25) is 0 Å². The number of aryl methyl sites for hydroxylation is 1. The minimum Gasteiger partial charge on any atom is -0.397 e. The van der Waals surface area contributed by atoms with E-state index in [4.69, 9.17) is 5.73 Å². The summed E-state index contributed by atoms with van der Waals surface area (Å²) < 4.78 is 0. The number of pyridine rings is 2. The molecule has 2 N–H and O–H groups in total. The second kappa shape index (κ2) is 4.69. The Kier molecular flexibility index (Phi) is 2.88. The van der Waals surface area contributed by atoms with Crippen LogP contribution in [-0.4, -0.2) is 9.97 Å². The fourth-order valence-corrected chi connectivity index (χ4v) is 2.26. The molecule has 1 aromatic carbocycles. The van der Waals surface area contributed by atoms with Crippen LogP contribution < -0.4 is 5.73 Å². The minimum absolute atomic E-state index is 0.733. The van der Waals surface area contributed by atoms with Crippen LogP contribution >= 0.6 is 0 Å². The summed E-state index contributed by atoms with van der Waals surface area (Å²) in [7, 11) is 0. The second-order valence-corrected chi connectivity index (χ2v) is 4.65. The van der Waals surface area contributed by atoms with Crippen molar-refractivity contribution in [3.8, 4) is 0 Å². The zero-order valence-corrected chi connectivity index (χ0v) is 10.8. The van der Waals surface area contributed by atoms with E-state index in [9.17, 15) is 0 Å². The van der Waals surface area contributed by atoms with Gasteiger partial charge in [0.1, 0.15) is 0 Å². The molecule has 3 nitrogen and oxygen atoms in total. The molecule has 94 valence electrons. The van der Waals surface area contributed by atoms with Crippen LogP contribution in [0.25, 0.3) is 10.9 Å². The van der Waals surface area contributed by atoms with Gasteiger partial charge in [-0.05, 0) is 36.2 Å². The van der Waals surface area contributed by atoms with Gasteiger partial charge in [0, 0.05) is 24.2 Å². The van der Waals surface area contributed by atoms with Gasteiger partial charge in [-0.1, -0.05) is 18.2 Å². The van der Waals surface area contributed by atoms with Gasteiger partial charge in [-0.2, -0.15) is 0 Å². The summed E-state index contributed by atoms with van der Waals surface area (Å²) in [5, 5.41) is 1.16. The number of nitrogen functional groups attached to an aromatic ring is 1. The van der Waals surface area contributed by atoms with Crippen molar-refractivity contribution in [2.75, 3.05) is 5.73 Å². The number of anilines is 1. The van der Waals surface area contributed by atoms with Crippen LogP contribution in [-0.2, 0) is 6.42 Å². The number of nitrogens with zero attached hydrogens (tertiary/aromatic N) is 2. The largest absolute Gasteiger partial charge is 0.397 e. The van der Waals surface area contributed by atoms with Gasteiger partial charge in [0.2, 0.25) is 0 Å². The van der Waals surface area contributed by atoms with Crippen molar-refractivity contribution in [2.24, 2.45) is 0 Å². The second-order valence-electron chi connectivity index (χ2n) is 4.65. The molecular formula is C16H15N3. The molecule has 2 heterocycles. The third kappa shape index (κ3) is 2.15. The van der Waals surface area contributed by atoms with Crippen LogP contribution in [0, 0.1) is 6.92 Å². The summed E-state index contributed by atoms with van der Waals surface area (Å²) in [5.74, 6) is 0. The van der Waals surface area contributed by atoms with E-state index in [-0.39, 0.29) is 0 Å². The number of fused-ring (bicyclic) bond motifs is 1. The number of nitrogens with two attached hydrogens (primary N) is 1. The van der Waals surface area contributed by atoms with Crippen molar-refractivity contribution < 1.29 is 0 Å². The Labute approximate surface area is 112 Å². The van der Waals surface area contributed by atoms with E-state index in [0.29, 0.717) is 0 Å². The first-order valence-corrected chi connectivity index (χ1v) is 6.28. The lowest BCUT2D eigenvalue weighted by Gasteiger charge is -2.09. The molecular weight excluding hydrogens is 234 g/mol. The van der Waals surface area contributed by atoms with E-state index in [1.165, 1.54) is 5.56 Å². The van der Waals surface area contributed by atoms with Crippen molar-refractivity contribution >= 4 is 16.6 Å².